The van der Waals surface area contributed by atoms with Crippen molar-refractivity contribution in [1.82, 2.24) is 4.98 Å². The molecule has 1 unspecified atom stereocenters. The zero-order valence-corrected chi connectivity index (χ0v) is 11.9. The van der Waals surface area contributed by atoms with E-state index in [2.05, 4.69) is 4.98 Å². The lowest BCUT2D eigenvalue weighted by atomic mass is 10.1. The van der Waals surface area contributed by atoms with Gasteiger partial charge in [-0.2, -0.15) is 0 Å². The van der Waals surface area contributed by atoms with Crippen LogP contribution in [0.1, 0.15) is 24.2 Å². The Labute approximate surface area is 117 Å². The molecule has 0 aliphatic carbocycles. The maximum absolute atomic E-state index is 9.46. The minimum Gasteiger partial charge on any atom is -0.481 e. The van der Waals surface area contributed by atoms with Crippen LogP contribution in [0.5, 0.6) is 5.88 Å². The molecule has 0 fully saturated rings. The van der Waals surface area contributed by atoms with Crippen LogP contribution in [0.15, 0.2) is 47.5 Å². The van der Waals surface area contributed by atoms with Gasteiger partial charge >= 0.3 is 0 Å². The Hall–Kier alpha value is -1.52. The number of rotatable bonds is 5. The molecule has 0 radical (unpaired) electrons. The summed E-state index contributed by atoms with van der Waals surface area (Å²) < 4.78 is 5.23. The molecule has 0 spiro atoms. The van der Waals surface area contributed by atoms with Gasteiger partial charge in [-0.1, -0.05) is 18.2 Å². The van der Waals surface area contributed by atoms with Gasteiger partial charge in [0.1, 0.15) is 0 Å². The van der Waals surface area contributed by atoms with E-state index in [0.717, 1.165) is 21.8 Å². The van der Waals surface area contributed by atoms with Gasteiger partial charge in [-0.25, -0.2) is 4.98 Å². The van der Waals surface area contributed by atoms with Gasteiger partial charge in [0.2, 0.25) is 5.88 Å². The Kier molecular flexibility index (Phi) is 4.82. The molecule has 0 saturated heterocycles. The van der Waals surface area contributed by atoms with E-state index in [1.807, 2.05) is 36.4 Å². The van der Waals surface area contributed by atoms with E-state index in [1.165, 1.54) is 0 Å². The van der Waals surface area contributed by atoms with Crippen molar-refractivity contribution in [2.75, 3.05) is 7.11 Å². The molecule has 1 N–H and O–H groups in total. The van der Waals surface area contributed by atoms with Gasteiger partial charge in [0.05, 0.1) is 13.2 Å². The summed E-state index contributed by atoms with van der Waals surface area (Å²) in [6.07, 6.45) is 1.31. The number of hydrogen-bond donors (Lipinski definition) is 1. The minimum absolute atomic E-state index is 0.419. The van der Waals surface area contributed by atoms with E-state index in [9.17, 15) is 5.11 Å². The average molecular weight is 275 g/mol. The lowest BCUT2D eigenvalue weighted by molar-refractivity contribution is 0.199. The molecule has 1 atom stereocenters. The molecular weight excluding hydrogens is 258 g/mol. The first kappa shape index (κ1) is 13.9. The minimum atomic E-state index is -0.419. The number of hydrogen-bond acceptors (Lipinski definition) is 4. The first-order valence-electron chi connectivity index (χ1n) is 6.09. The molecule has 1 aromatic heterocycles. The normalized spacial score (nSPS) is 12.2. The van der Waals surface area contributed by atoms with Crippen LogP contribution in [0.2, 0.25) is 0 Å². The third kappa shape index (κ3) is 3.72. The number of ether oxygens (including phenoxy) is 1. The van der Waals surface area contributed by atoms with Gasteiger partial charge in [-0.05, 0) is 30.7 Å². The van der Waals surface area contributed by atoms with E-state index in [-0.39, 0.29) is 0 Å². The van der Waals surface area contributed by atoms with Crippen molar-refractivity contribution in [3.05, 3.63) is 53.7 Å². The van der Waals surface area contributed by atoms with Crippen LogP contribution in [0.3, 0.4) is 0 Å². The van der Waals surface area contributed by atoms with Gasteiger partial charge in [-0.15, -0.1) is 11.8 Å². The Bertz CT molecular complexity index is 526. The van der Waals surface area contributed by atoms with E-state index in [0.29, 0.717) is 5.88 Å². The number of aromatic nitrogens is 1. The van der Waals surface area contributed by atoms with Crippen molar-refractivity contribution in [2.45, 2.75) is 23.7 Å². The summed E-state index contributed by atoms with van der Waals surface area (Å²) in [5, 5.41) is 9.46. The zero-order chi connectivity index (χ0) is 13.7. The van der Waals surface area contributed by atoms with Crippen LogP contribution >= 0.6 is 11.8 Å². The van der Waals surface area contributed by atoms with Gasteiger partial charge in [0.15, 0.2) is 0 Å². The van der Waals surface area contributed by atoms with Crippen molar-refractivity contribution in [1.29, 1.82) is 0 Å². The predicted octanol–water partition coefficient (Wildman–Crippen LogP) is 3.44. The van der Waals surface area contributed by atoms with Gasteiger partial charge in [-0.3, -0.25) is 0 Å². The standard InChI is InChI=1S/C15H17NO2S/c1-11(17)12-5-7-14(8-6-12)19-10-13-4-3-9-16-15(13)18-2/h3-9,11,17H,10H2,1-2H3. The molecule has 0 bridgehead atoms. The van der Waals surface area contributed by atoms with Crippen molar-refractivity contribution in [3.8, 4) is 5.88 Å². The third-order valence-corrected chi connectivity index (χ3v) is 3.86. The summed E-state index contributed by atoms with van der Waals surface area (Å²) in [6.45, 7) is 1.77. The lowest BCUT2D eigenvalue weighted by Crippen LogP contribution is -1.93. The molecule has 0 amide bonds. The number of methoxy groups -OCH3 is 1. The molecule has 2 rings (SSSR count). The molecule has 1 heterocycles. The maximum atomic E-state index is 9.46. The number of thioether (sulfide) groups is 1. The summed E-state index contributed by atoms with van der Waals surface area (Å²) in [6, 6.07) is 11.9. The Morgan fingerprint density at radius 1 is 1.26 bits per heavy atom. The molecule has 1 aromatic carbocycles. The highest BCUT2D eigenvalue weighted by Gasteiger charge is 2.05. The quantitative estimate of drug-likeness (QED) is 0.849. The Morgan fingerprint density at radius 2 is 2.00 bits per heavy atom. The largest absolute Gasteiger partial charge is 0.481 e. The highest BCUT2D eigenvalue weighted by Crippen LogP contribution is 2.27. The van der Waals surface area contributed by atoms with Gasteiger partial charge in [0, 0.05) is 22.4 Å². The molecule has 0 saturated carbocycles. The summed E-state index contributed by atoms with van der Waals surface area (Å²) in [5.74, 6) is 1.49. The maximum Gasteiger partial charge on any atom is 0.217 e. The van der Waals surface area contributed by atoms with Gasteiger partial charge in [0.25, 0.3) is 0 Å². The SMILES string of the molecule is COc1ncccc1CSc1ccc(C(C)O)cc1. The van der Waals surface area contributed by atoms with Crippen LogP contribution in [0.4, 0.5) is 0 Å². The fourth-order valence-electron chi connectivity index (χ4n) is 1.72. The monoisotopic (exact) mass is 275 g/mol. The number of benzene rings is 1. The third-order valence-electron chi connectivity index (χ3n) is 2.80. The van der Waals surface area contributed by atoms with Crippen LogP contribution in [-0.4, -0.2) is 17.2 Å². The number of aliphatic hydroxyl groups is 1. The second-order valence-corrected chi connectivity index (χ2v) is 5.25. The summed E-state index contributed by atoms with van der Waals surface area (Å²) in [7, 11) is 1.63. The van der Waals surface area contributed by atoms with E-state index < -0.39 is 6.10 Å². The topological polar surface area (TPSA) is 42.4 Å². The first-order chi connectivity index (χ1) is 9.20. The number of nitrogens with zero attached hydrogens (tertiary/aromatic N) is 1. The molecule has 0 aliphatic heterocycles. The highest BCUT2D eigenvalue weighted by molar-refractivity contribution is 7.98. The predicted molar refractivity (Wildman–Crippen MR) is 77.4 cm³/mol. The van der Waals surface area contributed by atoms with Crippen molar-refractivity contribution < 1.29 is 9.84 Å². The van der Waals surface area contributed by atoms with Crippen molar-refractivity contribution in [2.24, 2.45) is 0 Å². The van der Waals surface area contributed by atoms with Crippen molar-refractivity contribution >= 4 is 11.8 Å². The van der Waals surface area contributed by atoms with E-state index in [1.54, 1.807) is 32.0 Å². The van der Waals surface area contributed by atoms with Crippen molar-refractivity contribution in [3.63, 3.8) is 0 Å². The van der Waals surface area contributed by atoms with E-state index in [4.69, 9.17) is 4.74 Å². The molecule has 4 heteroatoms. The molecule has 2 aromatic rings. The van der Waals surface area contributed by atoms with Crippen LogP contribution in [0, 0.1) is 0 Å². The van der Waals surface area contributed by atoms with Crippen LogP contribution < -0.4 is 4.74 Å². The molecule has 19 heavy (non-hydrogen) atoms. The fourth-order valence-corrected chi connectivity index (χ4v) is 2.59. The molecule has 100 valence electrons. The first-order valence-corrected chi connectivity index (χ1v) is 7.08. The van der Waals surface area contributed by atoms with Gasteiger partial charge < -0.3 is 9.84 Å². The number of pyridine rings is 1. The highest BCUT2D eigenvalue weighted by atomic mass is 32.2. The summed E-state index contributed by atoms with van der Waals surface area (Å²) in [5.41, 5.74) is 2.01. The lowest BCUT2D eigenvalue weighted by Gasteiger charge is -2.08. The Morgan fingerprint density at radius 3 is 2.63 bits per heavy atom. The molecule has 3 nitrogen and oxygen atoms in total. The molecular formula is C15H17NO2S. The zero-order valence-electron chi connectivity index (χ0n) is 11.0. The number of aliphatic hydroxyl groups excluding tert-OH is 1. The van der Waals surface area contributed by atoms with Crippen LogP contribution in [-0.2, 0) is 5.75 Å². The summed E-state index contributed by atoms with van der Waals surface area (Å²) in [4.78, 5) is 5.34. The smallest absolute Gasteiger partial charge is 0.217 e. The molecule has 0 aliphatic rings. The fraction of sp³-hybridized carbons (Fsp3) is 0.267. The van der Waals surface area contributed by atoms with E-state index >= 15 is 0 Å². The second-order valence-electron chi connectivity index (χ2n) is 4.21. The summed E-state index contributed by atoms with van der Waals surface area (Å²) >= 11 is 1.72. The average Bonchev–Trinajstić information content (AvgIpc) is 2.45. The van der Waals surface area contributed by atoms with Crippen LogP contribution in [0.25, 0.3) is 0 Å². The Balaban J connectivity index is 2.02. The second kappa shape index (κ2) is 6.59.